The van der Waals surface area contributed by atoms with E-state index in [2.05, 4.69) is 35.5 Å². The van der Waals surface area contributed by atoms with Gasteiger partial charge in [0.1, 0.15) is 0 Å². The van der Waals surface area contributed by atoms with Gasteiger partial charge in [-0.05, 0) is 30.9 Å². The van der Waals surface area contributed by atoms with Crippen molar-refractivity contribution in [2.75, 3.05) is 6.54 Å². The fourth-order valence-corrected chi connectivity index (χ4v) is 0.334. The Kier molecular flexibility index (Phi) is 11.1. The molecule has 0 aromatic rings. The number of hydrogen-bond donors (Lipinski definition) is 4. The van der Waals surface area contributed by atoms with Gasteiger partial charge in [0.05, 0.1) is 0 Å². The summed E-state index contributed by atoms with van der Waals surface area (Å²) in [4.78, 5) is 0. The van der Waals surface area contributed by atoms with E-state index in [9.17, 15) is 0 Å². The number of aliphatic hydroxyl groups is 2. The van der Waals surface area contributed by atoms with Crippen molar-refractivity contribution in [1.82, 2.24) is 5.32 Å². The Morgan fingerprint density at radius 2 is 1.82 bits per heavy atom. The Morgan fingerprint density at radius 3 is 1.91 bits per heavy atom. The minimum atomic E-state index is -0.500. The minimum absolute atomic E-state index is 0.109. The highest BCUT2D eigenvalue weighted by atomic mass is 32.1. The Balaban J connectivity index is 0. The summed E-state index contributed by atoms with van der Waals surface area (Å²) in [5.74, 6) is 0. The van der Waals surface area contributed by atoms with Crippen molar-refractivity contribution in [1.29, 1.82) is 0 Å². The zero-order valence-corrected chi connectivity index (χ0v) is 7.84. The lowest BCUT2D eigenvalue weighted by molar-refractivity contribution is 0.530. The Morgan fingerprint density at radius 1 is 1.45 bits per heavy atom. The van der Waals surface area contributed by atoms with Crippen LogP contribution in [0.5, 0.6) is 0 Å². The van der Waals surface area contributed by atoms with Crippen LogP contribution in [0.25, 0.3) is 0 Å². The number of aliphatic hydroxyl groups excluding tert-OH is 2. The van der Waals surface area contributed by atoms with E-state index in [1.165, 1.54) is 0 Å². The largest absolute Gasteiger partial charge is 0.487 e. The molecule has 66 valence electrons. The van der Waals surface area contributed by atoms with Crippen LogP contribution < -0.4 is 11.1 Å². The van der Waals surface area contributed by atoms with Crippen molar-refractivity contribution in [3.63, 3.8) is 0 Å². The number of hydrogen-bond acceptors (Lipinski definition) is 2. The molecule has 0 fully saturated rings. The van der Waals surface area contributed by atoms with Crippen molar-refractivity contribution in [3.8, 4) is 0 Å². The molecule has 0 saturated heterocycles. The van der Waals surface area contributed by atoms with Crippen LogP contribution >= 0.6 is 24.4 Å². The van der Waals surface area contributed by atoms with Crippen LogP contribution in [0.3, 0.4) is 0 Å². The first kappa shape index (κ1) is 13.0. The summed E-state index contributed by atoms with van der Waals surface area (Å²) in [6, 6.07) is 0. The molecular weight excluding hydrogens is 184 g/mol. The van der Waals surface area contributed by atoms with Crippen molar-refractivity contribution < 1.29 is 10.2 Å². The number of rotatable bonds is 2. The third-order valence-corrected chi connectivity index (χ3v) is 0.671. The highest BCUT2D eigenvalue weighted by Gasteiger charge is 1.81. The molecule has 0 heterocycles. The zero-order valence-electron chi connectivity index (χ0n) is 6.20. The normalized spacial score (nSPS) is 7.36. The average Bonchev–Trinajstić information content (AvgIpc) is 1.82. The van der Waals surface area contributed by atoms with E-state index in [4.69, 9.17) is 10.2 Å². The fraction of sp³-hybridized carbons (Fsp3) is 0.600. The van der Waals surface area contributed by atoms with Gasteiger partial charge in [0, 0.05) is 6.54 Å². The molecule has 0 bridgehead atoms. The maximum absolute atomic E-state index is 8.30. The third-order valence-electron chi connectivity index (χ3n) is 0.526. The Bertz CT molecular complexity index is 126. The van der Waals surface area contributed by atoms with E-state index in [0.717, 1.165) is 13.0 Å². The fourth-order valence-electron chi connectivity index (χ4n) is 0.232. The van der Waals surface area contributed by atoms with Crippen molar-refractivity contribution in [2.45, 2.75) is 13.3 Å². The molecule has 0 spiro atoms. The maximum atomic E-state index is 8.30. The summed E-state index contributed by atoms with van der Waals surface area (Å²) in [5.41, 5.74) is 4.40. The molecule has 4 nitrogen and oxygen atoms in total. The Hall–Kier alpha value is -0.620. The van der Waals surface area contributed by atoms with E-state index >= 15 is 0 Å². The third kappa shape index (κ3) is 44.7. The number of nitrogens with one attached hydrogen (secondary N) is 1. The van der Waals surface area contributed by atoms with Gasteiger partial charge in [0.25, 0.3) is 10.3 Å². The van der Waals surface area contributed by atoms with Gasteiger partial charge in [-0.1, -0.05) is 6.92 Å². The molecule has 0 amide bonds. The van der Waals surface area contributed by atoms with E-state index < -0.39 is 5.17 Å². The van der Waals surface area contributed by atoms with Crippen LogP contribution in [0.2, 0.25) is 0 Å². The summed E-state index contributed by atoms with van der Waals surface area (Å²) in [6.07, 6.45) is 0.987. The van der Waals surface area contributed by atoms with Crippen LogP contribution in [0, 0.1) is 0 Å². The molecule has 6 heteroatoms. The van der Waals surface area contributed by atoms with Gasteiger partial charge in [-0.3, -0.25) is 0 Å². The lowest BCUT2D eigenvalue weighted by Crippen LogP contribution is -2.20. The summed E-state index contributed by atoms with van der Waals surface area (Å²) in [5, 5.41) is 17.8. The highest BCUT2D eigenvalue weighted by molar-refractivity contribution is 7.80. The summed E-state index contributed by atoms with van der Waals surface area (Å²) >= 11 is 8.18. The second kappa shape index (κ2) is 9.38. The van der Waals surface area contributed by atoms with Gasteiger partial charge in [0.15, 0.2) is 0 Å². The SMILES string of the molecule is CCCNC(O)=S.NC(O)=S. The predicted octanol–water partition coefficient (Wildman–Crippen LogP) is 0.617. The van der Waals surface area contributed by atoms with E-state index in [0.29, 0.717) is 0 Å². The Labute approximate surface area is 76.4 Å². The van der Waals surface area contributed by atoms with Gasteiger partial charge in [-0.2, -0.15) is 0 Å². The second-order valence-corrected chi connectivity index (χ2v) is 2.38. The molecule has 0 atom stereocenters. The van der Waals surface area contributed by atoms with Crippen molar-refractivity contribution in [3.05, 3.63) is 0 Å². The molecule has 0 radical (unpaired) electrons. The van der Waals surface area contributed by atoms with Gasteiger partial charge < -0.3 is 21.3 Å². The predicted molar refractivity (Wildman–Crippen MR) is 52.9 cm³/mol. The molecule has 0 aliphatic rings. The molecule has 0 aliphatic carbocycles. The lowest BCUT2D eigenvalue weighted by atomic mass is 10.5. The molecule has 0 saturated carbocycles. The molecule has 0 rings (SSSR count). The molecule has 11 heavy (non-hydrogen) atoms. The van der Waals surface area contributed by atoms with Crippen molar-refractivity contribution in [2.24, 2.45) is 5.73 Å². The summed E-state index contributed by atoms with van der Waals surface area (Å²) in [6.45, 7) is 2.76. The molecule has 0 aromatic heterocycles. The molecule has 0 aliphatic heterocycles. The first-order valence-electron chi connectivity index (χ1n) is 2.95. The molecule has 0 aromatic carbocycles. The first-order valence-corrected chi connectivity index (χ1v) is 3.77. The monoisotopic (exact) mass is 196 g/mol. The lowest BCUT2D eigenvalue weighted by Gasteiger charge is -1.95. The molecule has 5 N–H and O–H groups in total. The smallest absolute Gasteiger partial charge is 0.254 e. The minimum Gasteiger partial charge on any atom is -0.487 e. The van der Waals surface area contributed by atoms with Gasteiger partial charge >= 0.3 is 0 Å². The first-order chi connectivity index (χ1) is 5.00. The van der Waals surface area contributed by atoms with Crippen molar-refractivity contribution >= 4 is 34.8 Å². The van der Waals surface area contributed by atoms with Crippen LogP contribution in [0.1, 0.15) is 13.3 Å². The zero-order chi connectivity index (χ0) is 9.28. The summed E-state index contributed by atoms with van der Waals surface area (Å²) in [7, 11) is 0. The van der Waals surface area contributed by atoms with E-state index in [1.54, 1.807) is 0 Å². The van der Waals surface area contributed by atoms with Crippen LogP contribution in [0.15, 0.2) is 0 Å². The van der Waals surface area contributed by atoms with Gasteiger partial charge in [-0.15, -0.1) is 0 Å². The number of nitrogens with two attached hydrogens (primary N) is 1. The topological polar surface area (TPSA) is 78.5 Å². The highest BCUT2D eigenvalue weighted by Crippen LogP contribution is 1.68. The molecule has 0 unspecified atom stereocenters. The summed E-state index contributed by atoms with van der Waals surface area (Å²) < 4.78 is 0. The number of thiocarbonyl (C=S) groups is 2. The van der Waals surface area contributed by atoms with Crippen LogP contribution in [-0.4, -0.2) is 27.1 Å². The van der Waals surface area contributed by atoms with Crippen LogP contribution in [0.4, 0.5) is 0 Å². The average molecular weight is 196 g/mol. The van der Waals surface area contributed by atoms with Gasteiger partial charge in [0.2, 0.25) is 0 Å². The standard InChI is InChI=1S/C4H9NOS.CH3NOS/c1-2-3-5-4(6)7;2-1(3)4/h2-3H2,1H3,(H2,5,6,7);(H3,2,3,4). The van der Waals surface area contributed by atoms with Gasteiger partial charge in [-0.25, -0.2) is 0 Å². The molecular formula is C5H12N2O2S2. The second-order valence-electron chi connectivity index (χ2n) is 1.57. The maximum Gasteiger partial charge on any atom is 0.254 e. The van der Waals surface area contributed by atoms with E-state index in [-0.39, 0.29) is 5.17 Å². The van der Waals surface area contributed by atoms with Crippen LogP contribution in [-0.2, 0) is 0 Å². The quantitative estimate of drug-likeness (QED) is 0.485. The van der Waals surface area contributed by atoms with E-state index in [1.807, 2.05) is 6.92 Å².